The Hall–Kier alpha value is -5.74. The number of nitro groups is 1. The Morgan fingerprint density at radius 1 is 1.06 bits per heavy atom. The standard InChI is InChI=1S/C35H41N5O11/c1-18(2)12-22(36)32(43)37-24-14-20-10-11-27(25(15-20)40(47)48)51-28-17-21(16-26(41)31(28)49-3)29(30(42)35(46)50-4)39-34(45)23(38-33(24)44)13-19-8-6-5-7-9-19/h5-11,15-18,22-24,29-30,41-42H,12-14,36H2,1-4H3,(H,37,43)(H,38,44)(H,39,45)/t22-,23+,24-,29-,30+/m1/s1. The number of carbonyl (C=O) groups excluding carboxylic acids is 4. The summed E-state index contributed by atoms with van der Waals surface area (Å²) in [6, 6.07) is 9.53. The van der Waals surface area contributed by atoms with Gasteiger partial charge in [-0.15, -0.1) is 0 Å². The van der Waals surface area contributed by atoms with Crippen molar-refractivity contribution < 1.29 is 48.5 Å². The molecule has 0 unspecified atom stereocenters. The van der Waals surface area contributed by atoms with E-state index in [2.05, 4.69) is 16.0 Å². The molecule has 51 heavy (non-hydrogen) atoms. The van der Waals surface area contributed by atoms with Gasteiger partial charge in [-0.05, 0) is 47.2 Å². The van der Waals surface area contributed by atoms with Crippen LogP contribution in [0.1, 0.15) is 43.0 Å². The molecule has 16 nitrogen and oxygen atoms in total. The second kappa shape index (κ2) is 16.8. The third-order valence-electron chi connectivity index (χ3n) is 8.17. The summed E-state index contributed by atoms with van der Waals surface area (Å²) in [5.74, 6) is -4.77. The number of phenolic OH excluding ortho intramolecular Hbond substituents is 1. The number of esters is 1. The average Bonchev–Trinajstić information content (AvgIpc) is 3.09. The lowest BCUT2D eigenvalue weighted by Gasteiger charge is -2.28. The number of aliphatic hydroxyl groups is 1. The lowest BCUT2D eigenvalue weighted by molar-refractivity contribution is -0.385. The Bertz CT molecular complexity index is 1770. The third kappa shape index (κ3) is 9.49. The highest BCUT2D eigenvalue weighted by Crippen LogP contribution is 2.44. The molecule has 3 aromatic rings. The van der Waals surface area contributed by atoms with Crippen molar-refractivity contribution in [3.63, 3.8) is 0 Å². The summed E-state index contributed by atoms with van der Waals surface area (Å²) < 4.78 is 15.9. The summed E-state index contributed by atoms with van der Waals surface area (Å²) in [7, 11) is 2.23. The maximum absolute atomic E-state index is 14.1. The van der Waals surface area contributed by atoms with Crippen LogP contribution in [0.4, 0.5) is 5.69 Å². The molecule has 0 spiro atoms. The van der Waals surface area contributed by atoms with E-state index < -0.39 is 70.3 Å². The number of rotatable bonds is 10. The van der Waals surface area contributed by atoms with Crippen molar-refractivity contribution in [2.75, 3.05) is 14.2 Å². The van der Waals surface area contributed by atoms with Crippen LogP contribution in [0.2, 0.25) is 0 Å². The smallest absolute Gasteiger partial charge is 0.337 e. The monoisotopic (exact) mass is 707 g/mol. The van der Waals surface area contributed by atoms with Crippen LogP contribution in [0, 0.1) is 16.0 Å². The van der Waals surface area contributed by atoms with Gasteiger partial charge < -0.3 is 46.1 Å². The van der Waals surface area contributed by atoms with E-state index in [0.717, 1.165) is 19.2 Å². The predicted molar refractivity (Wildman–Crippen MR) is 182 cm³/mol. The van der Waals surface area contributed by atoms with Gasteiger partial charge in [0.15, 0.2) is 17.6 Å². The van der Waals surface area contributed by atoms with Crippen molar-refractivity contribution in [3.8, 4) is 23.0 Å². The van der Waals surface area contributed by atoms with Crippen LogP contribution >= 0.6 is 0 Å². The molecule has 7 N–H and O–H groups in total. The molecular formula is C35H41N5O11. The highest BCUT2D eigenvalue weighted by Gasteiger charge is 2.36. The highest BCUT2D eigenvalue weighted by atomic mass is 16.6. The SMILES string of the molecule is COC(=O)[C@@H](O)[C@@H]1NC(=O)[C@H](Cc2ccccc2)NC(=O)[C@H](NC(=O)[C@H](N)CC(C)C)Cc2ccc(c([N+](=O)[O-])c2)Oc2cc1cc(O)c2OC. The second-order valence-corrected chi connectivity index (χ2v) is 12.4. The zero-order valence-corrected chi connectivity index (χ0v) is 28.5. The maximum Gasteiger partial charge on any atom is 0.337 e. The number of hydrogen-bond donors (Lipinski definition) is 6. The molecule has 2 aliphatic rings. The van der Waals surface area contributed by atoms with E-state index >= 15 is 0 Å². The Kier molecular flexibility index (Phi) is 12.5. The number of fused-ring (bicyclic) bond motifs is 9. The first-order valence-corrected chi connectivity index (χ1v) is 16.0. The van der Waals surface area contributed by atoms with Crippen LogP contribution in [0.3, 0.4) is 0 Å². The highest BCUT2D eigenvalue weighted by molar-refractivity contribution is 5.93. The molecule has 2 heterocycles. The van der Waals surface area contributed by atoms with Crippen LogP contribution in [-0.2, 0) is 36.8 Å². The number of carbonyl (C=O) groups is 4. The molecule has 0 saturated carbocycles. The van der Waals surface area contributed by atoms with Gasteiger partial charge >= 0.3 is 11.7 Å². The zero-order chi connectivity index (χ0) is 37.4. The van der Waals surface area contributed by atoms with E-state index in [-0.39, 0.29) is 47.1 Å². The fourth-order valence-electron chi connectivity index (χ4n) is 5.63. The molecule has 0 fully saturated rings. The second-order valence-electron chi connectivity index (χ2n) is 12.4. The van der Waals surface area contributed by atoms with Gasteiger partial charge in [-0.1, -0.05) is 50.2 Å². The Morgan fingerprint density at radius 2 is 1.76 bits per heavy atom. The largest absolute Gasteiger partial charge is 0.504 e. The molecule has 5 atom stereocenters. The zero-order valence-electron chi connectivity index (χ0n) is 28.5. The van der Waals surface area contributed by atoms with Gasteiger partial charge in [0.05, 0.1) is 31.2 Å². The minimum absolute atomic E-state index is 0.0547. The van der Waals surface area contributed by atoms with Gasteiger partial charge in [0.2, 0.25) is 29.2 Å². The van der Waals surface area contributed by atoms with Crippen molar-refractivity contribution in [1.29, 1.82) is 0 Å². The summed E-state index contributed by atoms with van der Waals surface area (Å²) in [5, 5.41) is 42.1. The van der Waals surface area contributed by atoms with Gasteiger partial charge in [-0.25, -0.2) is 4.79 Å². The number of nitrogens with zero attached hydrogens (tertiary/aromatic N) is 1. The van der Waals surface area contributed by atoms with Crippen molar-refractivity contribution >= 4 is 29.4 Å². The molecule has 0 radical (unpaired) electrons. The lowest BCUT2D eigenvalue weighted by Crippen LogP contribution is -2.57. The number of nitro benzene ring substituents is 1. The van der Waals surface area contributed by atoms with E-state index in [0.29, 0.717) is 12.0 Å². The van der Waals surface area contributed by atoms with Crippen molar-refractivity contribution in [1.82, 2.24) is 16.0 Å². The molecule has 4 bridgehead atoms. The molecule has 16 heteroatoms. The third-order valence-corrected chi connectivity index (χ3v) is 8.17. The topological polar surface area (TPSA) is 242 Å². The molecule has 272 valence electrons. The molecular weight excluding hydrogens is 666 g/mol. The summed E-state index contributed by atoms with van der Waals surface area (Å²) in [6.45, 7) is 3.75. The first-order valence-electron chi connectivity index (χ1n) is 16.0. The van der Waals surface area contributed by atoms with Crippen molar-refractivity contribution in [3.05, 3.63) is 87.5 Å². The number of nitrogens with one attached hydrogen (secondary N) is 3. The fraction of sp³-hybridized carbons (Fsp3) is 0.371. The van der Waals surface area contributed by atoms with Gasteiger partial charge in [-0.3, -0.25) is 24.5 Å². The molecule has 3 amide bonds. The fourth-order valence-corrected chi connectivity index (χ4v) is 5.63. The average molecular weight is 708 g/mol. The first kappa shape index (κ1) is 38.1. The summed E-state index contributed by atoms with van der Waals surface area (Å²) in [4.78, 5) is 65.4. The van der Waals surface area contributed by atoms with E-state index in [1.807, 2.05) is 13.8 Å². The Balaban J connectivity index is 1.91. The number of aromatic hydroxyl groups is 1. The van der Waals surface area contributed by atoms with Crippen LogP contribution in [0.25, 0.3) is 0 Å². The van der Waals surface area contributed by atoms with Crippen molar-refractivity contribution in [2.24, 2.45) is 11.7 Å². The molecule has 0 aromatic heterocycles. The number of nitrogens with two attached hydrogens (primary N) is 1. The number of benzene rings is 3. The maximum atomic E-state index is 14.1. The number of methoxy groups -OCH3 is 2. The van der Waals surface area contributed by atoms with Gasteiger partial charge in [0.25, 0.3) is 0 Å². The van der Waals surface area contributed by atoms with E-state index in [4.69, 9.17) is 19.9 Å². The summed E-state index contributed by atoms with van der Waals surface area (Å²) in [6.07, 6.45) is -2.07. The summed E-state index contributed by atoms with van der Waals surface area (Å²) in [5.41, 5.74) is 6.38. The van der Waals surface area contributed by atoms with E-state index in [1.54, 1.807) is 30.3 Å². The Labute approximate surface area is 293 Å². The minimum Gasteiger partial charge on any atom is -0.504 e. The first-order chi connectivity index (χ1) is 24.2. The van der Waals surface area contributed by atoms with E-state index in [1.165, 1.54) is 25.3 Å². The molecule has 0 aliphatic carbocycles. The van der Waals surface area contributed by atoms with Crippen LogP contribution in [0.15, 0.2) is 60.7 Å². The van der Waals surface area contributed by atoms with Crippen LogP contribution < -0.4 is 31.2 Å². The van der Waals surface area contributed by atoms with Gasteiger partial charge in [-0.2, -0.15) is 0 Å². The van der Waals surface area contributed by atoms with Crippen molar-refractivity contribution in [2.45, 2.75) is 63.4 Å². The van der Waals surface area contributed by atoms with Crippen LogP contribution in [0.5, 0.6) is 23.0 Å². The van der Waals surface area contributed by atoms with Gasteiger partial charge in [0.1, 0.15) is 12.1 Å². The minimum atomic E-state index is -2.05. The summed E-state index contributed by atoms with van der Waals surface area (Å²) >= 11 is 0. The number of phenols is 1. The predicted octanol–water partition coefficient (Wildman–Crippen LogP) is 1.93. The molecule has 5 rings (SSSR count). The normalized spacial score (nSPS) is 18.8. The number of hydrogen-bond acceptors (Lipinski definition) is 12. The molecule has 2 aliphatic heterocycles. The van der Waals surface area contributed by atoms with E-state index in [9.17, 15) is 39.5 Å². The quantitative estimate of drug-likeness (QED) is 0.101. The van der Waals surface area contributed by atoms with Gasteiger partial charge in [0, 0.05) is 18.9 Å². The Morgan fingerprint density at radius 3 is 2.39 bits per heavy atom. The lowest BCUT2D eigenvalue weighted by atomic mass is 9.97. The molecule has 3 aromatic carbocycles. The number of amides is 3. The number of ether oxygens (including phenoxy) is 3. The van der Waals surface area contributed by atoms with Crippen LogP contribution in [-0.4, -0.2) is 77.3 Å². The number of aliphatic hydroxyl groups excluding tert-OH is 1. The molecule has 0 saturated heterocycles.